The maximum atomic E-state index is 11.9. The molecule has 0 unspecified atom stereocenters. The van der Waals surface area contributed by atoms with E-state index in [1.54, 1.807) is 18.2 Å². The van der Waals surface area contributed by atoms with Gasteiger partial charge in [-0.1, -0.05) is 11.6 Å². The van der Waals surface area contributed by atoms with E-state index in [9.17, 15) is 9.90 Å². The fourth-order valence-corrected chi connectivity index (χ4v) is 2.14. The molecule has 0 aliphatic rings. The molecule has 0 aliphatic heterocycles. The third-order valence-corrected chi connectivity index (χ3v) is 3.25. The Morgan fingerprint density at radius 1 is 1.39 bits per heavy atom. The number of hydrogen-bond acceptors (Lipinski definition) is 4. The van der Waals surface area contributed by atoms with Gasteiger partial charge in [0.2, 0.25) is 0 Å². The minimum Gasteiger partial charge on any atom is -0.507 e. The van der Waals surface area contributed by atoms with E-state index < -0.39 is 0 Å². The zero-order chi connectivity index (χ0) is 13.1. The lowest BCUT2D eigenvalue weighted by atomic mass is 10.1. The van der Waals surface area contributed by atoms with Crippen LogP contribution in [-0.4, -0.2) is 15.9 Å². The lowest BCUT2D eigenvalue weighted by Gasteiger charge is -2.01. The number of phenols is 1. The largest absolute Gasteiger partial charge is 0.507 e. The number of allylic oxidation sites excluding steroid dienone is 1. The summed E-state index contributed by atoms with van der Waals surface area (Å²) in [6, 6.07) is 4.97. The van der Waals surface area contributed by atoms with Gasteiger partial charge in [-0.25, -0.2) is 4.98 Å². The molecule has 0 aliphatic carbocycles. The lowest BCUT2D eigenvalue weighted by molar-refractivity contribution is 0.104. The quantitative estimate of drug-likeness (QED) is 0.679. The van der Waals surface area contributed by atoms with Gasteiger partial charge in [-0.05, 0) is 38.1 Å². The van der Waals surface area contributed by atoms with Crippen molar-refractivity contribution in [2.24, 2.45) is 0 Å². The third-order valence-electron chi connectivity index (χ3n) is 2.46. The summed E-state index contributed by atoms with van der Waals surface area (Å²) in [6.07, 6.45) is 3.09. The molecule has 0 radical (unpaired) electrons. The maximum absolute atomic E-state index is 11.9. The number of ketones is 1. The minimum atomic E-state index is -0.221. The molecule has 2 aromatic rings. The van der Waals surface area contributed by atoms with Gasteiger partial charge < -0.3 is 5.11 Å². The van der Waals surface area contributed by atoms with Crippen LogP contribution in [0.2, 0.25) is 0 Å². The Hall–Kier alpha value is -1.94. The third kappa shape index (κ3) is 2.84. The van der Waals surface area contributed by atoms with Crippen LogP contribution in [0.4, 0.5) is 0 Å². The first-order valence-corrected chi connectivity index (χ1v) is 6.38. The van der Waals surface area contributed by atoms with Crippen LogP contribution >= 0.6 is 11.3 Å². The number of aryl methyl sites for hydroxylation is 2. The average molecular weight is 259 g/mol. The number of aromatic hydroxyl groups is 1. The molecule has 0 atom stereocenters. The van der Waals surface area contributed by atoms with Crippen LogP contribution in [-0.2, 0) is 0 Å². The number of rotatable bonds is 3. The van der Waals surface area contributed by atoms with Crippen molar-refractivity contribution in [2.45, 2.75) is 13.8 Å². The van der Waals surface area contributed by atoms with Crippen molar-refractivity contribution in [3.63, 3.8) is 0 Å². The smallest absolute Gasteiger partial charge is 0.189 e. The van der Waals surface area contributed by atoms with Crippen molar-refractivity contribution in [2.75, 3.05) is 0 Å². The Bertz CT molecular complexity index is 614. The molecular formula is C14H13NO2S. The Kier molecular flexibility index (Phi) is 3.58. The Morgan fingerprint density at radius 3 is 2.83 bits per heavy atom. The monoisotopic (exact) mass is 259 g/mol. The molecule has 1 heterocycles. The maximum Gasteiger partial charge on any atom is 0.189 e. The zero-order valence-corrected chi connectivity index (χ0v) is 11.0. The zero-order valence-electron chi connectivity index (χ0n) is 10.2. The lowest BCUT2D eigenvalue weighted by Crippen LogP contribution is -1.95. The first-order valence-electron chi connectivity index (χ1n) is 5.50. The summed E-state index contributed by atoms with van der Waals surface area (Å²) in [6.45, 7) is 3.79. The number of carbonyl (C=O) groups is 1. The fourth-order valence-electron chi connectivity index (χ4n) is 1.55. The van der Waals surface area contributed by atoms with E-state index >= 15 is 0 Å². The first-order chi connectivity index (χ1) is 8.56. The Labute approximate surface area is 109 Å². The second-order valence-corrected chi connectivity index (χ2v) is 5.07. The van der Waals surface area contributed by atoms with Crippen LogP contribution in [0.3, 0.4) is 0 Å². The van der Waals surface area contributed by atoms with Gasteiger partial charge in [-0.2, -0.15) is 0 Å². The highest BCUT2D eigenvalue weighted by Crippen LogP contribution is 2.19. The van der Waals surface area contributed by atoms with E-state index in [-0.39, 0.29) is 11.5 Å². The predicted molar refractivity (Wildman–Crippen MR) is 73.1 cm³/mol. The van der Waals surface area contributed by atoms with Crippen molar-refractivity contribution in [1.82, 2.24) is 4.98 Å². The first kappa shape index (κ1) is 12.5. The van der Waals surface area contributed by atoms with Gasteiger partial charge in [-0.3, -0.25) is 4.79 Å². The van der Waals surface area contributed by atoms with Crippen LogP contribution in [0.1, 0.15) is 26.6 Å². The number of aromatic nitrogens is 1. The summed E-state index contributed by atoms with van der Waals surface area (Å²) in [5.74, 6) is -0.216. The Morgan fingerprint density at radius 2 is 2.17 bits per heavy atom. The summed E-state index contributed by atoms with van der Waals surface area (Å²) in [4.78, 5) is 16.2. The standard InChI is InChI=1S/C14H13NO2S/c1-9-3-5-13(16)12(7-9)14(17)6-4-11-8-18-10(2)15-11/h3-8,16H,1-2H3/b6-4+. The van der Waals surface area contributed by atoms with Crippen molar-refractivity contribution in [3.8, 4) is 5.75 Å². The van der Waals surface area contributed by atoms with E-state index in [2.05, 4.69) is 4.98 Å². The molecular weight excluding hydrogens is 246 g/mol. The molecule has 1 aromatic heterocycles. The molecule has 18 heavy (non-hydrogen) atoms. The normalized spacial score (nSPS) is 11.0. The van der Waals surface area contributed by atoms with Crippen LogP contribution < -0.4 is 0 Å². The van der Waals surface area contributed by atoms with Crippen LogP contribution in [0.15, 0.2) is 29.7 Å². The van der Waals surface area contributed by atoms with Gasteiger partial charge in [0.1, 0.15) is 5.75 Å². The van der Waals surface area contributed by atoms with Gasteiger partial charge in [0.15, 0.2) is 5.78 Å². The number of benzene rings is 1. The highest BCUT2D eigenvalue weighted by Gasteiger charge is 2.08. The van der Waals surface area contributed by atoms with Crippen molar-refractivity contribution >= 4 is 23.2 Å². The molecule has 1 aromatic carbocycles. The number of carbonyl (C=O) groups excluding carboxylic acids is 1. The SMILES string of the molecule is Cc1ccc(O)c(C(=O)/C=C/c2csc(C)n2)c1. The van der Waals surface area contributed by atoms with Gasteiger partial charge in [-0.15, -0.1) is 11.3 Å². The van der Waals surface area contributed by atoms with Gasteiger partial charge in [0, 0.05) is 5.38 Å². The molecule has 0 saturated heterocycles. The van der Waals surface area contributed by atoms with E-state index in [1.165, 1.54) is 23.5 Å². The van der Waals surface area contributed by atoms with Crippen molar-refractivity contribution in [3.05, 3.63) is 51.5 Å². The predicted octanol–water partition coefficient (Wildman–Crippen LogP) is 3.36. The van der Waals surface area contributed by atoms with Crippen molar-refractivity contribution in [1.29, 1.82) is 0 Å². The van der Waals surface area contributed by atoms with Gasteiger partial charge >= 0.3 is 0 Å². The molecule has 1 N–H and O–H groups in total. The number of thiazole rings is 1. The molecule has 3 nitrogen and oxygen atoms in total. The summed E-state index contributed by atoms with van der Waals surface area (Å²) in [5.41, 5.74) is 2.02. The average Bonchev–Trinajstić information content (AvgIpc) is 2.75. The number of phenolic OH excluding ortho intramolecular Hbond substituents is 1. The van der Waals surface area contributed by atoms with Crippen LogP contribution in [0.5, 0.6) is 5.75 Å². The van der Waals surface area contributed by atoms with E-state index in [1.807, 2.05) is 19.2 Å². The van der Waals surface area contributed by atoms with E-state index in [0.717, 1.165) is 16.3 Å². The molecule has 4 heteroatoms. The second-order valence-electron chi connectivity index (χ2n) is 4.01. The highest BCUT2D eigenvalue weighted by molar-refractivity contribution is 7.09. The van der Waals surface area contributed by atoms with E-state index in [0.29, 0.717) is 5.56 Å². The molecule has 0 amide bonds. The summed E-state index contributed by atoms with van der Waals surface area (Å²) >= 11 is 1.53. The molecule has 0 saturated carbocycles. The van der Waals surface area contributed by atoms with Crippen molar-refractivity contribution < 1.29 is 9.90 Å². The molecule has 92 valence electrons. The molecule has 0 bridgehead atoms. The molecule has 0 spiro atoms. The molecule has 2 rings (SSSR count). The Balaban J connectivity index is 2.22. The number of hydrogen-bond donors (Lipinski definition) is 1. The molecule has 0 fully saturated rings. The van der Waals surface area contributed by atoms with Crippen LogP contribution in [0, 0.1) is 13.8 Å². The number of nitrogens with zero attached hydrogens (tertiary/aromatic N) is 1. The topological polar surface area (TPSA) is 50.2 Å². The van der Waals surface area contributed by atoms with Gasteiger partial charge in [0.25, 0.3) is 0 Å². The summed E-state index contributed by atoms with van der Waals surface area (Å²) < 4.78 is 0. The minimum absolute atomic E-state index is 0.00436. The summed E-state index contributed by atoms with van der Waals surface area (Å²) in [5, 5.41) is 12.5. The fraction of sp³-hybridized carbons (Fsp3) is 0.143. The highest BCUT2D eigenvalue weighted by atomic mass is 32.1. The summed E-state index contributed by atoms with van der Waals surface area (Å²) in [7, 11) is 0. The van der Waals surface area contributed by atoms with Gasteiger partial charge in [0.05, 0.1) is 16.3 Å². The van der Waals surface area contributed by atoms with Crippen LogP contribution in [0.25, 0.3) is 6.08 Å². The second kappa shape index (κ2) is 5.14. The van der Waals surface area contributed by atoms with E-state index in [4.69, 9.17) is 0 Å².